The van der Waals surface area contributed by atoms with Crippen LogP contribution in [0.25, 0.3) is 0 Å². The fourth-order valence-electron chi connectivity index (χ4n) is 2.83. The van der Waals surface area contributed by atoms with E-state index >= 15 is 0 Å². The highest BCUT2D eigenvalue weighted by atomic mass is 16.5. The van der Waals surface area contributed by atoms with E-state index in [0.717, 1.165) is 29.4 Å². The zero-order valence-corrected chi connectivity index (χ0v) is 17.6. The third-order valence-corrected chi connectivity index (χ3v) is 4.35. The Bertz CT molecular complexity index is 881. The molecule has 160 valence electrons. The molecule has 2 aromatic rings. The van der Waals surface area contributed by atoms with Crippen LogP contribution in [0.15, 0.2) is 53.5 Å². The fraction of sp³-hybridized carbons (Fsp3) is 0.318. The molecule has 0 heterocycles. The molecule has 30 heavy (non-hydrogen) atoms. The Morgan fingerprint density at radius 3 is 2.43 bits per heavy atom. The number of hydrogen-bond donors (Lipinski definition) is 3. The quantitative estimate of drug-likeness (QED) is 0.428. The first-order valence-electron chi connectivity index (χ1n) is 9.71. The number of benzene rings is 2. The summed E-state index contributed by atoms with van der Waals surface area (Å²) in [6.07, 6.45) is 0. The number of nitrogens with two attached hydrogens (primary N) is 1. The highest BCUT2D eigenvalue weighted by molar-refractivity contribution is 5.96. The van der Waals surface area contributed by atoms with E-state index in [1.807, 2.05) is 55.3 Å². The van der Waals surface area contributed by atoms with Gasteiger partial charge < -0.3 is 26.0 Å². The summed E-state index contributed by atoms with van der Waals surface area (Å²) in [6.45, 7) is 3.69. The number of guanidine groups is 1. The molecule has 0 aliphatic heterocycles. The van der Waals surface area contributed by atoms with Crippen LogP contribution in [0, 0.1) is 0 Å². The first-order chi connectivity index (χ1) is 14.4. The molecule has 0 atom stereocenters. The number of rotatable bonds is 9. The van der Waals surface area contributed by atoms with E-state index in [-0.39, 0.29) is 12.5 Å². The van der Waals surface area contributed by atoms with Crippen molar-refractivity contribution in [2.45, 2.75) is 20.0 Å². The maximum absolute atomic E-state index is 12.0. The van der Waals surface area contributed by atoms with Crippen molar-refractivity contribution < 1.29 is 14.3 Å². The molecule has 8 nitrogen and oxygen atoms in total. The second-order valence-electron chi connectivity index (χ2n) is 6.68. The molecule has 0 aromatic heterocycles. The molecule has 0 bridgehead atoms. The van der Waals surface area contributed by atoms with Crippen molar-refractivity contribution in [1.29, 1.82) is 0 Å². The van der Waals surface area contributed by atoms with E-state index in [1.165, 1.54) is 0 Å². The van der Waals surface area contributed by atoms with Crippen LogP contribution < -0.4 is 21.1 Å². The highest BCUT2D eigenvalue weighted by Gasteiger charge is 2.10. The molecule has 0 saturated heterocycles. The summed E-state index contributed by atoms with van der Waals surface area (Å²) in [7, 11) is 3.63. The Morgan fingerprint density at radius 1 is 1.10 bits per heavy atom. The first kappa shape index (κ1) is 22.7. The molecule has 2 amide bonds. The Morgan fingerprint density at radius 2 is 1.80 bits per heavy atom. The second-order valence-corrected chi connectivity index (χ2v) is 6.68. The van der Waals surface area contributed by atoms with E-state index in [2.05, 4.69) is 10.6 Å². The van der Waals surface area contributed by atoms with Gasteiger partial charge in [-0.3, -0.25) is 9.59 Å². The van der Waals surface area contributed by atoms with Gasteiger partial charge in [0, 0.05) is 31.3 Å². The molecule has 4 N–H and O–H groups in total. The van der Waals surface area contributed by atoms with Crippen molar-refractivity contribution in [2.75, 3.05) is 27.2 Å². The van der Waals surface area contributed by atoms with Crippen molar-refractivity contribution in [1.82, 2.24) is 15.5 Å². The molecule has 2 aromatic carbocycles. The molecule has 0 unspecified atom stereocenters. The van der Waals surface area contributed by atoms with E-state index < -0.39 is 5.91 Å². The molecule has 0 fully saturated rings. The molecule has 0 spiro atoms. The Balaban J connectivity index is 2.04. The fourth-order valence-corrected chi connectivity index (χ4v) is 2.83. The van der Waals surface area contributed by atoms with Gasteiger partial charge in [0.25, 0.3) is 5.91 Å². The maximum Gasteiger partial charge on any atom is 0.251 e. The largest absolute Gasteiger partial charge is 0.496 e. The topological polar surface area (TPSA) is 109 Å². The third-order valence-electron chi connectivity index (χ3n) is 4.35. The molecule has 2 rings (SSSR count). The first-order valence-corrected chi connectivity index (χ1v) is 9.71. The molecule has 0 aliphatic rings. The summed E-state index contributed by atoms with van der Waals surface area (Å²) in [5.41, 5.74) is 7.53. The molecule has 0 aliphatic carbocycles. The minimum absolute atomic E-state index is 0.185. The van der Waals surface area contributed by atoms with Gasteiger partial charge >= 0.3 is 0 Å². The smallest absolute Gasteiger partial charge is 0.251 e. The average Bonchev–Trinajstić information content (AvgIpc) is 2.75. The number of nitrogens with zero attached hydrogens (tertiary/aromatic N) is 2. The van der Waals surface area contributed by atoms with Gasteiger partial charge in [-0.25, -0.2) is 4.99 Å². The van der Waals surface area contributed by atoms with Crippen LogP contribution in [0.4, 0.5) is 0 Å². The number of primary amides is 1. The lowest BCUT2D eigenvalue weighted by atomic mass is 10.1. The number of hydrogen-bond acceptors (Lipinski definition) is 4. The average molecular weight is 412 g/mol. The van der Waals surface area contributed by atoms with Crippen LogP contribution in [0.1, 0.15) is 28.4 Å². The van der Waals surface area contributed by atoms with Crippen LogP contribution in [0.3, 0.4) is 0 Å². The number of amides is 2. The lowest BCUT2D eigenvalue weighted by molar-refractivity contribution is -0.117. The SMILES string of the molecule is CCNC(=NCc1ccc(C(=O)NCC(N)=O)cc1)N(C)Cc1ccccc1OC. The van der Waals surface area contributed by atoms with Gasteiger partial charge in [0.05, 0.1) is 20.2 Å². The summed E-state index contributed by atoms with van der Waals surface area (Å²) in [5, 5.41) is 5.76. The summed E-state index contributed by atoms with van der Waals surface area (Å²) < 4.78 is 5.43. The number of aliphatic imine (C=N–C) groups is 1. The van der Waals surface area contributed by atoms with Gasteiger partial charge in [-0.2, -0.15) is 0 Å². The number of carbonyl (C=O) groups is 2. The number of ether oxygens (including phenoxy) is 1. The standard InChI is InChI=1S/C22H29N5O3/c1-4-24-22(27(2)15-18-7-5-6-8-19(18)30-3)26-13-16-9-11-17(12-10-16)21(29)25-14-20(23)28/h5-12H,4,13-15H2,1-3H3,(H2,23,28)(H,24,26)(H,25,29). The monoisotopic (exact) mass is 411 g/mol. The predicted octanol–water partition coefficient (Wildman–Crippen LogP) is 1.51. The van der Waals surface area contributed by atoms with Gasteiger partial charge in [-0.1, -0.05) is 30.3 Å². The van der Waals surface area contributed by atoms with Gasteiger partial charge in [0.1, 0.15) is 5.75 Å². The Kier molecular flexibility index (Phi) is 8.68. The number of carbonyl (C=O) groups excluding carboxylic acids is 2. The number of para-hydroxylation sites is 1. The summed E-state index contributed by atoms with van der Waals surface area (Å²) in [4.78, 5) is 29.5. The number of methoxy groups -OCH3 is 1. The minimum Gasteiger partial charge on any atom is -0.496 e. The van der Waals surface area contributed by atoms with Crippen molar-refractivity contribution >= 4 is 17.8 Å². The molecular weight excluding hydrogens is 382 g/mol. The lowest BCUT2D eigenvalue weighted by Crippen LogP contribution is -2.38. The van der Waals surface area contributed by atoms with Gasteiger partial charge in [0.2, 0.25) is 5.91 Å². The van der Waals surface area contributed by atoms with Crippen molar-refractivity contribution in [3.63, 3.8) is 0 Å². The third kappa shape index (κ3) is 6.80. The van der Waals surface area contributed by atoms with Crippen LogP contribution in [-0.4, -0.2) is 49.9 Å². The zero-order valence-electron chi connectivity index (χ0n) is 17.6. The summed E-state index contributed by atoms with van der Waals surface area (Å²) in [6, 6.07) is 15.0. The van der Waals surface area contributed by atoms with Gasteiger partial charge in [0.15, 0.2) is 5.96 Å². The van der Waals surface area contributed by atoms with Crippen molar-refractivity contribution in [2.24, 2.45) is 10.7 Å². The molecule has 8 heteroatoms. The van der Waals surface area contributed by atoms with E-state index in [9.17, 15) is 9.59 Å². The van der Waals surface area contributed by atoms with Gasteiger partial charge in [-0.15, -0.1) is 0 Å². The van der Waals surface area contributed by atoms with E-state index in [1.54, 1.807) is 19.2 Å². The highest BCUT2D eigenvalue weighted by Crippen LogP contribution is 2.18. The molecule has 0 radical (unpaired) electrons. The number of nitrogens with one attached hydrogen (secondary N) is 2. The summed E-state index contributed by atoms with van der Waals surface area (Å²) >= 11 is 0. The van der Waals surface area contributed by atoms with Crippen LogP contribution >= 0.6 is 0 Å². The lowest BCUT2D eigenvalue weighted by Gasteiger charge is -2.23. The van der Waals surface area contributed by atoms with Crippen molar-refractivity contribution in [3.8, 4) is 5.75 Å². The van der Waals surface area contributed by atoms with Crippen LogP contribution in [0.5, 0.6) is 5.75 Å². The Hall–Kier alpha value is -3.55. The Labute approximate surface area is 177 Å². The summed E-state index contributed by atoms with van der Waals surface area (Å²) in [5.74, 6) is 0.688. The zero-order chi connectivity index (χ0) is 21.9. The molecule has 0 saturated carbocycles. The van der Waals surface area contributed by atoms with Crippen LogP contribution in [-0.2, 0) is 17.9 Å². The van der Waals surface area contributed by atoms with Crippen LogP contribution in [0.2, 0.25) is 0 Å². The van der Waals surface area contributed by atoms with E-state index in [4.69, 9.17) is 15.5 Å². The van der Waals surface area contributed by atoms with E-state index in [0.29, 0.717) is 18.7 Å². The minimum atomic E-state index is -0.581. The van der Waals surface area contributed by atoms with Crippen molar-refractivity contribution in [3.05, 3.63) is 65.2 Å². The predicted molar refractivity (Wildman–Crippen MR) is 117 cm³/mol. The normalized spacial score (nSPS) is 11.0. The maximum atomic E-state index is 12.0. The second kappa shape index (κ2) is 11.5. The van der Waals surface area contributed by atoms with Gasteiger partial charge in [-0.05, 0) is 30.7 Å². The molecular formula is C22H29N5O3.